The first-order valence-electron chi connectivity index (χ1n) is 33.9. The van der Waals surface area contributed by atoms with Crippen LogP contribution < -0.4 is 0 Å². The molecule has 0 aliphatic heterocycles. The maximum atomic E-state index is 12.9. The number of rotatable bonds is 62. The van der Waals surface area contributed by atoms with Gasteiger partial charge in [-0.15, -0.1) is 0 Å². The smallest absolute Gasteiger partial charge is 0.306 e. The zero-order valence-electron chi connectivity index (χ0n) is 51.9. The third-order valence-electron chi connectivity index (χ3n) is 14.9. The van der Waals surface area contributed by atoms with E-state index in [1.165, 1.54) is 212 Å². The number of unbranched alkanes of at least 4 members (excludes halogenated alkanes) is 39. The first-order chi connectivity index (χ1) is 38.5. The van der Waals surface area contributed by atoms with Gasteiger partial charge in [0, 0.05) is 19.3 Å². The SMILES string of the molecule is CC/C=C\C/C=C\C/C=C\C/C=C\CCCCCCCCCCCCCCCCC(=O)OCC(COC(=O)CCCCCCC/C=C\CCC)OC(=O)CCCCCCCCCCCCC/C=C\CCCCCCCCCC. The summed E-state index contributed by atoms with van der Waals surface area (Å²) in [4.78, 5) is 38.3. The summed E-state index contributed by atoms with van der Waals surface area (Å²) in [7, 11) is 0. The molecule has 1 atom stereocenters. The van der Waals surface area contributed by atoms with Crippen LogP contribution in [0.15, 0.2) is 72.9 Å². The quantitative estimate of drug-likeness (QED) is 0.0261. The molecule has 0 amide bonds. The molecule has 0 aromatic rings. The van der Waals surface area contributed by atoms with Crippen LogP contribution in [-0.4, -0.2) is 37.2 Å². The van der Waals surface area contributed by atoms with Crippen LogP contribution in [0.3, 0.4) is 0 Å². The molecule has 6 nitrogen and oxygen atoms in total. The summed E-state index contributed by atoms with van der Waals surface area (Å²) >= 11 is 0. The molecule has 0 aliphatic rings. The number of allylic oxidation sites excluding steroid dienone is 12. The molecular formula is C72H128O6. The summed E-state index contributed by atoms with van der Waals surface area (Å²) in [6, 6.07) is 0. The molecule has 0 N–H and O–H groups in total. The van der Waals surface area contributed by atoms with Gasteiger partial charge >= 0.3 is 17.9 Å². The second-order valence-electron chi connectivity index (χ2n) is 22.7. The minimum atomic E-state index is -0.778. The van der Waals surface area contributed by atoms with Gasteiger partial charge < -0.3 is 14.2 Å². The number of esters is 3. The molecule has 0 aromatic carbocycles. The lowest BCUT2D eigenvalue weighted by atomic mass is 10.0. The van der Waals surface area contributed by atoms with Crippen molar-refractivity contribution in [2.45, 2.75) is 354 Å². The molecule has 1 unspecified atom stereocenters. The third-order valence-corrected chi connectivity index (χ3v) is 14.9. The summed E-state index contributed by atoms with van der Waals surface area (Å²) in [6.07, 6.45) is 86.5. The second kappa shape index (κ2) is 66.4. The van der Waals surface area contributed by atoms with Crippen molar-refractivity contribution in [2.75, 3.05) is 13.2 Å². The molecule has 0 fully saturated rings. The standard InChI is InChI=1S/C72H128O6/c1-4-7-10-13-16-19-22-24-26-28-30-32-34-35-36-37-39-40-42-44-46-48-50-53-56-59-62-65-71(74)77-68-69(67-76-70(73)64-61-58-55-52-21-18-15-12-9-6-3)78-72(75)66-63-60-57-54-51-49-47-45-43-41-38-33-31-29-27-25-23-20-17-14-11-8-5-2/h7,10,12,15-16,19,24,26,29-32,69H,4-6,8-9,11,13-14,17-18,20-23,25,27-28,33-68H2,1-3H3/b10-7-,15-12-,19-16-,26-24-,31-29-,32-30-. The lowest BCUT2D eigenvalue weighted by Gasteiger charge is -2.18. The Bertz CT molecular complexity index is 1440. The Morgan fingerprint density at radius 1 is 0.269 bits per heavy atom. The van der Waals surface area contributed by atoms with Crippen LogP contribution in [-0.2, 0) is 28.6 Å². The van der Waals surface area contributed by atoms with Gasteiger partial charge in [0.1, 0.15) is 13.2 Å². The number of hydrogen-bond donors (Lipinski definition) is 0. The second-order valence-corrected chi connectivity index (χ2v) is 22.7. The van der Waals surface area contributed by atoms with Crippen LogP contribution in [0.25, 0.3) is 0 Å². The number of hydrogen-bond acceptors (Lipinski definition) is 6. The lowest BCUT2D eigenvalue weighted by molar-refractivity contribution is -0.167. The van der Waals surface area contributed by atoms with Crippen molar-refractivity contribution in [3.05, 3.63) is 72.9 Å². The Morgan fingerprint density at radius 3 is 0.846 bits per heavy atom. The summed E-state index contributed by atoms with van der Waals surface area (Å²) in [5.74, 6) is -0.871. The minimum absolute atomic E-state index is 0.0757. The van der Waals surface area contributed by atoms with Gasteiger partial charge in [0.05, 0.1) is 0 Å². The average molecular weight is 1090 g/mol. The fourth-order valence-electron chi connectivity index (χ4n) is 9.85. The molecule has 452 valence electrons. The molecule has 0 radical (unpaired) electrons. The molecule has 0 heterocycles. The number of carbonyl (C=O) groups is 3. The molecule has 0 aliphatic carbocycles. The van der Waals surface area contributed by atoms with Gasteiger partial charge in [-0.3, -0.25) is 14.4 Å². The van der Waals surface area contributed by atoms with Gasteiger partial charge in [-0.1, -0.05) is 299 Å². The van der Waals surface area contributed by atoms with Crippen LogP contribution in [0.4, 0.5) is 0 Å². The molecule has 78 heavy (non-hydrogen) atoms. The highest BCUT2D eigenvalue weighted by atomic mass is 16.6. The minimum Gasteiger partial charge on any atom is -0.462 e. The van der Waals surface area contributed by atoms with E-state index in [0.29, 0.717) is 19.3 Å². The Kier molecular flexibility index (Phi) is 63.7. The van der Waals surface area contributed by atoms with Crippen molar-refractivity contribution < 1.29 is 28.6 Å². The van der Waals surface area contributed by atoms with Crippen LogP contribution in [0.5, 0.6) is 0 Å². The normalized spacial score (nSPS) is 12.5. The van der Waals surface area contributed by atoms with Gasteiger partial charge in [-0.2, -0.15) is 0 Å². The fraction of sp³-hybridized carbons (Fsp3) is 0.792. The van der Waals surface area contributed by atoms with E-state index >= 15 is 0 Å². The molecule has 0 spiro atoms. The lowest BCUT2D eigenvalue weighted by Crippen LogP contribution is -2.30. The largest absolute Gasteiger partial charge is 0.462 e. The van der Waals surface area contributed by atoms with Gasteiger partial charge in [0.2, 0.25) is 0 Å². The highest BCUT2D eigenvalue weighted by Gasteiger charge is 2.19. The zero-order valence-corrected chi connectivity index (χ0v) is 51.9. The first kappa shape index (κ1) is 74.8. The van der Waals surface area contributed by atoms with Gasteiger partial charge in [-0.25, -0.2) is 0 Å². The van der Waals surface area contributed by atoms with Crippen molar-refractivity contribution in [3.63, 3.8) is 0 Å². The number of ether oxygens (including phenoxy) is 3. The van der Waals surface area contributed by atoms with Crippen LogP contribution >= 0.6 is 0 Å². The van der Waals surface area contributed by atoms with Crippen molar-refractivity contribution in [1.29, 1.82) is 0 Å². The van der Waals surface area contributed by atoms with E-state index in [-0.39, 0.29) is 31.1 Å². The summed E-state index contributed by atoms with van der Waals surface area (Å²) in [5.41, 5.74) is 0. The summed E-state index contributed by atoms with van der Waals surface area (Å²) < 4.78 is 16.9. The zero-order chi connectivity index (χ0) is 56.4. The average Bonchev–Trinajstić information content (AvgIpc) is 3.44. The van der Waals surface area contributed by atoms with Crippen LogP contribution in [0, 0.1) is 0 Å². The van der Waals surface area contributed by atoms with E-state index in [1.54, 1.807) is 0 Å². The number of carbonyl (C=O) groups excluding carboxylic acids is 3. The van der Waals surface area contributed by atoms with E-state index in [1.807, 2.05) is 0 Å². The van der Waals surface area contributed by atoms with E-state index in [0.717, 1.165) is 96.3 Å². The van der Waals surface area contributed by atoms with Crippen LogP contribution in [0.1, 0.15) is 348 Å². The van der Waals surface area contributed by atoms with Gasteiger partial charge in [-0.05, 0) is 103 Å². The highest BCUT2D eigenvalue weighted by Crippen LogP contribution is 2.17. The molecule has 0 bridgehead atoms. The molecule has 0 aromatic heterocycles. The first-order valence-corrected chi connectivity index (χ1v) is 33.9. The van der Waals surface area contributed by atoms with E-state index in [2.05, 4.69) is 93.7 Å². The maximum absolute atomic E-state index is 12.9. The summed E-state index contributed by atoms with van der Waals surface area (Å²) in [6.45, 7) is 6.50. The monoisotopic (exact) mass is 1090 g/mol. The van der Waals surface area contributed by atoms with E-state index < -0.39 is 6.10 Å². The Hall–Kier alpha value is -3.15. The maximum Gasteiger partial charge on any atom is 0.306 e. The Balaban J connectivity index is 4.18. The van der Waals surface area contributed by atoms with Crippen LogP contribution in [0.2, 0.25) is 0 Å². The van der Waals surface area contributed by atoms with Gasteiger partial charge in [0.15, 0.2) is 6.10 Å². The molecule has 0 rings (SSSR count). The molecule has 6 heteroatoms. The molecule has 0 saturated carbocycles. The molecule has 0 saturated heterocycles. The van der Waals surface area contributed by atoms with Crippen molar-refractivity contribution in [3.8, 4) is 0 Å². The third kappa shape index (κ3) is 63.7. The van der Waals surface area contributed by atoms with E-state index in [9.17, 15) is 14.4 Å². The Morgan fingerprint density at radius 2 is 0.526 bits per heavy atom. The highest BCUT2D eigenvalue weighted by molar-refractivity contribution is 5.71. The van der Waals surface area contributed by atoms with Crippen molar-refractivity contribution >= 4 is 17.9 Å². The van der Waals surface area contributed by atoms with E-state index in [4.69, 9.17) is 14.2 Å². The fourth-order valence-corrected chi connectivity index (χ4v) is 9.85. The van der Waals surface area contributed by atoms with Gasteiger partial charge in [0.25, 0.3) is 0 Å². The summed E-state index contributed by atoms with van der Waals surface area (Å²) in [5, 5.41) is 0. The predicted molar refractivity (Wildman–Crippen MR) is 339 cm³/mol. The predicted octanol–water partition coefficient (Wildman–Crippen LogP) is 23.3. The van der Waals surface area contributed by atoms with Crippen molar-refractivity contribution in [2.24, 2.45) is 0 Å². The Labute approximate surface area is 484 Å². The molecular weight excluding hydrogens is 961 g/mol. The topological polar surface area (TPSA) is 78.9 Å². The van der Waals surface area contributed by atoms with Crippen molar-refractivity contribution in [1.82, 2.24) is 0 Å².